The van der Waals surface area contributed by atoms with Crippen LogP contribution in [0.15, 0.2) is 36.5 Å². The molecular weight excluding hydrogens is 470 g/mol. The summed E-state index contributed by atoms with van der Waals surface area (Å²) in [6.45, 7) is 0.147. The van der Waals surface area contributed by atoms with Crippen LogP contribution in [-0.2, 0) is 18.4 Å². The lowest BCUT2D eigenvalue weighted by atomic mass is 9.97. The summed E-state index contributed by atoms with van der Waals surface area (Å²) in [4.78, 5) is 18.9. The molecule has 0 aliphatic carbocycles. The number of halogens is 4. The number of carbonyl (C=O) groups is 1. The standard InChI is InChI=1S/C23H19F4N5O3/c1-31(19-10-34-9-11-5-12(3-4-13(11)19)35-23(25,26)27)22(33)15-6-14-16-8-29-32(2)20(16)21(28)30-18(14)7-17(15)24/h3-8,19H,9-10H2,1-2H3,(H2,28,30)/t19-/m1/s1. The van der Waals surface area contributed by atoms with E-state index in [0.29, 0.717) is 27.4 Å². The number of carbonyl (C=O) groups excluding carboxylic acids is 1. The van der Waals surface area contributed by atoms with Crippen LogP contribution in [0.5, 0.6) is 5.75 Å². The van der Waals surface area contributed by atoms with Gasteiger partial charge >= 0.3 is 6.36 Å². The number of benzene rings is 2. The van der Waals surface area contributed by atoms with Gasteiger partial charge in [0.25, 0.3) is 5.91 Å². The molecule has 35 heavy (non-hydrogen) atoms. The first-order valence-electron chi connectivity index (χ1n) is 10.5. The van der Waals surface area contributed by atoms with Crippen LogP contribution in [0.25, 0.3) is 21.8 Å². The van der Waals surface area contributed by atoms with Gasteiger partial charge in [-0.1, -0.05) is 6.07 Å². The molecule has 182 valence electrons. The van der Waals surface area contributed by atoms with Crippen molar-refractivity contribution in [1.29, 1.82) is 0 Å². The highest BCUT2D eigenvalue weighted by Gasteiger charge is 2.33. The molecule has 1 amide bonds. The maximum Gasteiger partial charge on any atom is 0.573 e. The highest BCUT2D eigenvalue weighted by molar-refractivity contribution is 6.10. The van der Waals surface area contributed by atoms with Crippen molar-refractivity contribution in [1.82, 2.24) is 19.7 Å². The molecule has 0 spiro atoms. The van der Waals surface area contributed by atoms with E-state index in [1.165, 1.54) is 36.2 Å². The van der Waals surface area contributed by atoms with Gasteiger partial charge in [0, 0.05) is 30.9 Å². The Morgan fingerprint density at radius 3 is 2.77 bits per heavy atom. The summed E-state index contributed by atoms with van der Waals surface area (Å²) in [6.07, 6.45) is -3.26. The van der Waals surface area contributed by atoms with Gasteiger partial charge in [-0.15, -0.1) is 13.2 Å². The maximum absolute atomic E-state index is 15.0. The smallest absolute Gasteiger partial charge is 0.406 e. The van der Waals surface area contributed by atoms with Crippen LogP contribution in [0.4, 0.5) is 23.4 Å². The Morgan fingerprint density at radius 2 is 2.03 bits per heavy atom. The van der Waals surface area contributed by atoms with Gasteiger partial charge in [0.2, 0.25) is 0 Å². The zero-order chi connectivity index (χ0) is 25.1. The van der Waals surface area contributed by atoms with E-state index in [1.54, 1.807) is 17.9 Å². The van der Waals surface area contributed by atoms with Gasteiger partial charge in [-0.25, -0.2) is 9.37 Å². The Hall–Kier alpha value is -3.93. The minimum absolute atomic E-state index is 0.0549. The Morgan fingerprint density at radius 1 is 1.26 bits per heavy atom. The molecule has 12 heteroatoms. The molecule has 0 fully saturated rings. The van der Waals surface area contributed by atoms with Crippen molar-refractivity contribution < 1.29 is 31.8 Å². The van der Waals surface area contributed by atoms with Crippen LogP contribution < -0.4 is 10.5 Å². The number of hydrogen-bond acceptors (Lipinski definition) is 6. The largest absolute Gasteiger partial charge is 0.573 e. The highest BCUT2D eigenvalue weighted by atomic mass is 19.4. The van der Waals surface area contributed by atoms with Crippen molar-refractivity contribution in [2.45, 2.75) is 19.0 Å². The molecule has 3 heterocycles. The lowest BCUT2D eigenvalue weighted by molar-refractivity contribution is -0.274. The van der Waals surface area contributed by atoms with E-state index in [0.717, 1.165) is 6.07 Å². The predicted molar refractivity (Wildman–Crippen MR) is 118 cm³/mol. The average Bonchev–Trinajstić information content (AvgIpc) is 3.18. The average molecular weight is 489 g/mol. The zero-order valence-corrected chi connectivity index (χ0v) is 18.6. The van der Waals surface area contributed by atoms with Gasteiger partial charge in [-0.05, 0) is 29.3 Å². The van der Waals surface area contributed by atoms with Crippen LogP contribution in [0.3, 0.4) is 0 Å². The first-order valence-corrected chi connectivity index (χ1v) is 10.5. The minimum Gasteiger partial charge on any atom is -0.406 e. The van der Waals surface area contributed by atoms with Gasteiger partial charge in [-0.2, -0.15) is 5.10 Å². The number of fused-ring (bicyclic) bond motifs is 4. The molecule has 1 atom stereocenters. The third-order valence-electron chi connectivity index (χ3n) is 6.06. The number of hydrogen-bond donors (Lipinski definition) is 1. The second kappa shape index (κ2) is 8.08. The molecular formula is C23H19F4N5O3. The summed E-state index contributed by atoms with van der Waals surface area (Å²) >= 11 is 0. The topological polar surface area (TPSA) is 95.5 Å². The lowest BCUT2D eigenvalue weighted by Crippen LogP contribution is -2.36. The van der Waals surface area contributed by atoms with Gasteiger partial charge in [0.15, 0.2) is 0 Å². The van der Waals surface area contributed by atoms with Crippen LogP contribution in [0, 0.1) is 5.82 Å². The Balaban J connectivity index is 1.52. The van der Waals surface area contributed by atoms with E-state index in [1.807, 2.05) is 0 Å². The van der Waals surface area contributed by atoms with E-state index < -0.39 is 24.1 Å². The molecule has 0 saturated carbocycles. The molecule has 2 aromatic heterocycles. The third kappa shape index (κ3) is 3.99. The van der Waals surface area contributed by atoms with E-state index in [2.05, 4.69) is 14.8 Å². The second-order valence-corrected chi connectivity index (χ2v) is 8.23. The molecule has 0 radical (unpaired) electrons. The fraction of sp³-hybridized carbons (Fsp3) is 0.261. The quantitative estimate of drug-likeness (QED) is 0.436. The predicted octanol–water partition coefficient (Wildman–Crippen LogP) is 4.08. The first kappa shape index (κ1) is 22.8. The van der Waals surface area contributed by atoms with Gasteiger partial charge < -0.3 is 20.1 Å². The van der Waals surface area contributed by atoms with Crippen LogP contribution in [0.2, 0.25) is 0 Å². The summed E-state index contributed by atoms with van der Waals surface area (Å²) in [5.74, 6) is -1.61. The molecule has 0 bridgehead atoms. The number of likely N-dealkylation sites (N-methyl/N-ethyl adjacent to an activating group) is 1. The van der Waals surface area contributed by atoms with Crippen molar-refractivity contribution in [3.63, 3.8) is 0 Å². The maximum atomic E-state index is 15.0. The number of aryl methyl sites for hydroxylation is 1. The molecule has 2 N–H and O–H groups in total. The first-order chi connectivity index (χ1) is 16.5. The number of rotatable bonds is 3. The summed E-state index contributed by atoms with van der Waals surface area (Å²) in [5, 5.41) is 5.31. The van der Waals surface area contributed by atoms with E-state index >= 15 is 4.39 Å². The van der Waals surface area contributed by atoms with Crippen molar-refractivity contribution in [3.05, 3.63) is 59.0 Å². The van der Waals surface area contributed by atoms with Crippen molar-refractivity contribution in [2.75, 3.05) is 19.4 Å². The monoisotopic (exact) mass is 489 g/mol. The molecule has 2 aromatic carbocycles. The van der Waals surface area contributed by atoms with Crippen LogP contribution in [-0.4, -0.2) is 45.6 Å². The van der Waals surface area contributed by atoms with Gasteiger partial charge in [0.1, 0.15) is 22.9 Å². The molecule has 0 unspecified atom stereocenters. The number of alkyl halides is 3. The lowest BCUT2D eigenvalue weighted by Gasteiger charge is -2.33. The molecule has 4 aromatic rings. The summed E-state index contributed by atoms with van der Waals surface area (Å²) in [5.41, 5.74) is 7.67. The SMILES string of the molecule is CN(C(=O)c1cc2c(cc1F)nc(N)c1c2cnn1C)[C@@H]1COCc2cc(OC(F)(F)F)ccc21. The number of ether oxygens (including phenoxy) is 2. The van der Waals surface area contributed by atoms with Crippen molar-refractivity contribution in [2.24, 2.45) is 7.05 Å². The summed E-state index contributed by atoms with van der Waals surface area (Å²) in [7, 11) is 3.18. The fourth-order valence-electron chi connectivity index (χ4n) is 4.41. The highest BCUT2D eigenvalue weighted by Crippen LogP contribution is 2.35. The Bertz CT molecular complexity index is 1480. The summed E-state index contributed by atoms with van der Waals surface area (Å²) < 4.78 is 63.8. The van der Waals surface area contributed by atoms with Crippen molar-refractivity contribution in [3.8, 4) is 5.75 Å². The Labute approximate surface area is 195 Å². The third-order valence-corrected chi connectivity index (χ3v) is 6.06. The van der Waals surface area contributed by atoms with E-state index in [-0.39, 0.29) is 35.9 Å². The zero-order valence-electron chi connectivity index (χ0n) is 18.6. The number of nitrogens with zero attached hydrogens (tertiary/aromatic N) is 4. The minimum atomic E-state index is -4.83. The number of anilines is 1. The number of aromatic nitrogens is 3. The van der Waals surface area contributed by atoms with Crippen LogP contribution >= 0.6 is 0 Å². The number of nitrogens with two attached hydrogens (primary N) is 1. The van der Waals surface area contributed by atoms with Crippen molar-refractivity contribution >= 4 is 33.5 Å². The molecule has 1 aliphatic rings. The molecule has 1 aliphatic heterocycles. The summed E-state index contributed by atoms with van der Waals surface area (Å²) in [6, 6.07) is 5.75. The normalized spacial score (nSPS) is 15.9. The fourth-order valence-corrected chi connectivity index (χ4v) is 4.41. The molecule has 8 nitrogen and oxygen atoms in total. The number of amides is 1. The van der Waals surface area contributed by atoms with Crippen LogP contribution in [0.1, 0.15) is 27.5 Å². The number of pyridine rings is 1. The second-order valence-electron chi connectivity index (χ2n) is 8.23. The van der Waals surface area contributed by atoms with E-state index in [4.69, 9.17) is 10.5 Å². The Kier molecular flexibility index (Phi) is 5.28. The van der Waals surface area contributed by atoms with Gasteiger partial charge in [-0.3, -0.25) is 9.48 Å². The van der Waals surface area contributed by atoms with Gasteiger partial charge in [0.05, 0.1) is 36.5 Å². The molecule has 5 rings (SSSR count). The number of nitrogen functional groups attached to an aromatic ring is 1. The van der Waals surface area contributed by atoms with E-state index in [9.17, 15) is 18.0 Å². The molecule has 0 saturated heterocycles.